The molecule has 4 aromatic rings. The summed E-state index contributed by atoms with van der Waals surface area (Å²) in [5, 5.41) is 10.5. The summed E-state index contributed by atoms with van der Waals surface area (Å²) in [6.45, 7) is 0.0756. The van der Waals surface area contributed by atoms with E-state index in [1.165, 1.54) is 42.5 Å². The van der Waals surface area contributed by atoms with Crippen molar-refractivity contribution < 1.29 is 22.4 Å². The maximum Gasteiger partial charge on any atom is 0.291 e. The summed E-state index contributed by atoms with van der Waals surface area (Å²) in [7, 11) is -3.91. The minimum atomic E-state index is -3.91. The third kappa shape index (κ3) is 6.51. The van der Waals surface area contributed by atoms with Crippen LogP contribution in [0, 0.1) is 0 Å². The Bertz CT molecular complexity index is 1460. The molecule has 0 fully saturated rings. The van der Waals surface area contributed by atoms with Crippen molar-refractivity contribution in [2.75, 3.05) is 10.0 Å². The Morgan fingerprint density at radius 1 is 1.00 bits per heavy atom. The first-order chi connectivity index (χ1) is 16.7. The topological polar surface area (TPSA) is 123 Å². The van der Waals surface area contributed by atoms with E-state index in [0.29, 0.717) is 22.2 Å². The maximum atomic E-state index is 12.5. The lowest BCUT2D eigenvalue weighted by Gasteiger charge is -2.08. The van der Waals surface area contributed by atoms with Crippen molar-refractivity contribution >= 4 is 66.6 Å². The van der Waals surface area contributed by atoms with Gasteiger partial charge in [0.2, 0.25) is 0 Å². The zero-order chi connectivity index (χ0) is 25.0. The van der Waals surface area contributed by atoms with E-state index in [9.17, 15) is 13.2 Å². The number of rotatable bonds is 8. The third-order valence-corrected chi connectivity index (χ3v) is 6.80. The van der Waals surface area contributed by atoms with Crippen molar-refractivity contribution in [3.8, 4) is 5.75 Å². The van der Waals surface area contributed by atoms with Crippen LogP contribution in [-0.4, -0.2) is 24.5 Å². The number of furan rings is 1. The van der Waals surface area contributed by atoms with Crippen LogP contribution in [0.1, 0.15) is 16.3 Å². The highest BCUT2D eigenvalue weighted by atomic mass is 79.9. The number of halogens is 3. The van der Waals surface area contributed by atoms with Crippen LogP contribution in [0.3, 0.4) is 0 Å². The number of nitrogens with one attached hydrogen (secondary N) is 2. The van der Waals surface area contributed by atoms with Gasteiger partial charge in [0.25, 0.3) is 15.9 Å². The lowest BCUT2D eigenvalue weighted by Crippen LogP contribution is -2.15. The van der Waals surface area contributed by atoms with E-state index in [0.717, 1.165) is 4.47 Å². The largest absolute Gasteiger partial charge is 0.484 e. The average Bonchev–Trinajstić information content (AvgIpc) is 3.30. The molecule has 35 heavy (non-hydrogen) atoms. The molecule has 9 nitrogen and oxygen atoms in total. The molecule has 13 heteroatoms. The van der Waals surface area contributed by atoms with Gasteiger partial charge in [-0.05, 0) is 66.7 Å². The zero-order valence-electron chi connectivity index (χ0n) is 17.5. The molecule has 0 radical (unpaired) electrons. The number of sulfonamides is 1. The highest BCUT2D eigenvalue weighted by Gasteiger charge is 2.17. The zero-order valence-corrected chi connectivity index (χ0v) is 21.5. The monoisotopic (exact) mass is 596 g/mol. The molecule has 0 saturated carbocycles. The molecule has 0 atom stereocenters. The fourth-order valence-corrected chi connectivity index (χ4v) is 4.62. The number of anilines is 2. The minimum absolute atomic E-state index is 0.0202. The minimum Gasteiger partial charge on any atom is -0.484 e. The maximum absolute atomic E-state index is 12.5. The van der Waals surface area contributed by atoms with Crippen LogP contribution in [0.4, 0.5) is 11.5 Å². The summed E-state index contributed by atoms with van der Waals surface area (Å²) < 4.78 is 39.3. The highest BCUT2D eigenvalue weighted by Crippen LogP contribution is 2.28. The van der Waals surface area contributed by atoms with E-state index in [2.05, 4.69) is 36.2 Å². The third-order valence-electron chi connectivity index (χ3n) is 4.44. The normalized spacial score (nSPS) is 11.2. The van der Waals surface area contributed by atoms with Crippen molar-refractivity contribution in [1.82, 2.24) is 10.2 Å². The average molecular weight is 598 g/mol. The quantitative estimate of drug-likeness (QED) is 0.264. The number of ether oxygens (including phenoxy) is 1. The molecule has 0 aliphatic rings. The fourth-order valence-electron chi connectivity index (χ4n) is 2.80. The van der Waals surface area contributed by atoms with Crippen LogP contribution < -0.4 is 14.8 Å². The number of benzene rings is 2. The van der Waals surface area contributed by atoms with E-state index < -0.39 is 15.9 Å². The van der Waals surface area contributed by atoms with Crippen molar-refractivity contribution in [1.29, 1.82) is 0 Å². The molecule has 0 saturated heterocycles. The molecule has 2 aromatic heterocycles. The molecule has 4 rings (SSSR count). The van der Waals surface area contributed by atoms with Gasteiger partial charge < -0.3 is 14.5 Å². The first kappa shape index (κ1) is 25.0. The lowest BCUT2D eigenvalue weighted by atomic mass is 10.3. The van der Waals surface area contributed by atoms with Crippen molar-refractivity contribution in [2.24, 2.45) is 0 Å². The molecule has 2 aromatic carbocycles. The molecule has 0 spiro atoms. The molecule has 1 amide bonds. The number of hydrogen-bond acceptors (Lipinski definition) is 7. The summed E-state index contributed by atoms with van der Waals surface area (Å²) >= 11 is 15.1. The number of aromatic nitrogens is 2. The van der Waals surface area contributed by atoms with Crippen molar-refractivity contribution in [3.63, 3.8) is 0 Å². The Morgan fingerprint density at radius 2 is 1.77 bits per heavy atom. The Kier molecular flexibility index (Phi) is 7.60. The number of carbonyl (C=O) groups excluding carboxylic acids is 1. The van der Waals surface area contributed by atoms with Crippen LogP contribution in [0.5, 0.6) is 5.75 Å². The number of amides is 1. The van der Waals surface area contributed by atoms with Crippen LogP contribution in [0.15, 0.2) is 80.5 Å². The lowest BCUT2D eigenvalue weighted by molar-refractivity contribution is 0.0992. The summed E-state index contributed by atoms with van der Waals surface area (Å²) in [6, 6.07) is 16.7. The molecule has 2 N–H and O–H groups in total. The Balaban J connectivity index is 1.36. The SMILES string of the molecule is O=C(Nc1ccc(S(=O)(=O)Nc2ccc(Cl)nn2)cc1)c1ccc(COc2ccc(Br)cc2Cl)o1. The molecular formula is C22H15BrCl2N4O5S. The van der Waals surface area contributed by atoms with Gasteiger partial charge in [-0.2, -0.15) is 0 Å². The van der Waals surface area contributed by atoms with Crippen LogP contribution >= 0.6 is 39.1 Å². The van der Waals surface area contributed by atoms with Crippen molar-refractivity contribution in [3.05, 3.63) is 92.9 Å². The van der Waals surface area contributed by atoms with E-state index >= 15 is 0 Å². The molecule has 0 bridgehead atoms. The predicted molar refractivity (Wildman–Crippen MR) is 134 cm³/mol. The van der Waals surface area contributed by atoms with Gasteiger partial charge >= 0.3 is 0 Å². The number of hydrogen-bond donors (Lipinski definition) is 2. The van der Waals surface area contributed by atoms with Crippen LogP contribution in [-0.2, 0) is 16.6 Å². The second-order valence-electron chi connectivity index (χ2n) is 6.95. The first-order valence-electron chi connectivity index (χ1n) is 9.80. The molecular weight excluding hydrogens is 583 g/mol. The van der Waals surface area contributed by atoms with Gasteiger partial charge in [0.1, 0.15) is 18.1 Å². The highest BCUT2D eigenvalue weighted by molar-refractivity contribution is 9.10. The molecule has 0 unspecified atom stereocenters. The first-order valence-corrected chi connectivity index (χ1v) is 12.8. The predicted octanol–water partition coefficient (Wildman–Crippen LogP) is 5.77. The van der Waals surface area contributed by atoms with Gasteiger partial charge in [-0.15, -0.1) is 10.2 Å². The molecule has 2 heterocycles. The van der Waals surface area contributed by atoms with Gasteiger partial charge in [-0.25, -0.2) is 8.42 Å². The van der Waals surface area contributed by atoms with E-state index in [4.69, 9.17) is 32.4 Å². The molecule has 180 valence electrons. The summed E-state index contributed by atoms with van der Waals surface area (Å²) in [6.07, 6.45) is 0. The standard InChI is InChI=1S/C22H15BrCl2N4O5S/c23-13-1-7-18(17(24)11-13)33-12-15-4-8-19(34-15)22(30)26-14-2-5-16(6-3-14)35(31,32)29-21-10-9-20(25)27-28-21/h1-11H,12H2,(H,26,30)(H,28,29). The second kappa shape index (κ2) is 10.6. The number of carbonyl (C=O) groups is 1. The summed E-state index contributed by atoms with van der Waals surface area (Å²) in [4.78, 5) is 12.5. The van der Waals surface area contributed by atoms with E-state index in [1.54, 1.807) is 24.3 Å². The second-order valence-corrected chi connectivity index (χ2v) is 10.3. The van der Waals surface area contributed by atoms with Gasteiger partial charge in [0.15, 0.2) is 16.7 Å². The van der Waals surface area contributed by atoms with Crippen LogP contribution in [0.25, 0.3) is 0 Å². The fraction of sp³-hybridized carbons (Fsp3) is 0.0455. The Morgan fingerprint density at radius 3 is 2.46 bits per heavy atom. The Labute approximate surface area is 218 Å². The molecule has 0 aliphatic carbocycles. The van der Waals surface area contributed by atoms with E-state index in [1.807, 2.05) is 0 Å². The summed E-state index contributed by atoms with van der Waals surface area (Å²) in [5.74, 6) is 0.469. The van der Waals surface area contributed by atoms with Gasteiger partial charge in [-0.3, -0.25) is 9.52 Å². The van der Waals surface area contributed by atoms with Crippen LogP contribution in [0.2, 0.25) is 10.2 Å². The molecule has 0 aliphatic heterocycles. The van der Waals surface area contributed by atoms with Gasteiger partial charge in [0, 0.05) is 10.2 Å². The van der Waals surface area contributed by atoms with Gasteiger partial charge in [-0.1, -0.05) is 39.1 Å². The smallest absolute Gasteiger partial charge is 0.291 e. The Hall–Kier alpha value is -3.12. The summed E-state index contributed by atoms with van der Waals surface area (Å²) in [5.41, 5.74) is 0.371. The van der Waals surface area contributed by atoms with Gasteiger partial charge in [0.05, 0.1) is 9.92 Å². The van der Waals surface area contributed by atoms with E-state index in [-0.39, 0.29) is 28.2 Å². The number of nitrogens with zero attached hydrogens (tertiary/aromatic N) is 2. The van der Waals surface area contributed by atoms with Crippen molar-refractivity contribution in [2.45, 2.75) is 11.5 Å².